The summed E-state index contributed by atoms with van der Waals surface area (Å²) in [5.74, 6) is -0.799. The molecule has 0 unspecified atom stereocenters. The molecule has 1 rings (SSSR count). The van der Waals surface area contributed by atoms with Gasteiger partial charge in [0.1, 0.15) is 12.1 Å². The average molecular weight is 426 g/mol. The Morgan fingerprint density at radius 3 is 2.14 bits per heavy atom. The summed E-state index contributed by atoms with van der Waals surface area (Å²) < 4.78 is 5.39. The Morgan fingerprint density at radius 1 is 1.07 bits per heavy atom. The third-order valence-electron chi connectivity index (χ3n) is 3.87. The molecule has 1 N–H and O–H groups in total. The molecule has 164 valence electrons. The molecule has 1 heterocycles. The van der Waals surface area contributed by atoms with Gasteiger partial charge in [0.05, 0.1) is 9.88 Å². The van der Waals surface area contributed by atoms with E-state index in [1.165, 1.54) is 16.2 Å². The highest BCUT2D eigenvalue weighted by atomic mass is 32.1. The number of carbonyl (C=O) groups excluding carboxylic acids is 3. The number of carbonyl (C=O) groups is 3. The molecule has 0 bridgehead atoms. The van der Waals surface area contributed by atoms with Crippen LogP contribution in [0, 0.1) is 12.3 Å². The highest BCUT2D eigenvalue weighted by Gasteiger charge is 2.27. The zero-order valence-corrected chi connectivity index (χ0v) is 20.0. The molecule has 1 aromatic rings. The summed E-state index contributed by atoms with van der Waals surface area (Å²) in [5, 5.41) is 3.49. The second kappa shape index (κ2) is 9.71. The van der Waals surface area contributed by atoms with E-state index in [4.69, 9.17) is 4.74 Å². The Kier molecular flexibility index (Phi) is 8.41. The summed E-state index contributed by atoms with van der Waals surface area (Å²) in [6.45, 7) is 13.6. The van der Waals surface area contributed by atoms with Gasteiger partial charge in [0, 0.05) is 18.5 Å². The number of nitrogens with zero attached hydrogens (tertiary/aromatic N) is 2. The van der Waals surface area contributed by atoms with Crippen molar-refractivity contribution in [3.05, 3.63) is 16.5 Å². The van der Waals surface area contributed by atoms with Crippen molar-refractivity contribution >= 4 is 34.1 Å². The predicted molar refractivity (Wildman–Crippen MR) is 117 cm³/mol. The quantitative estimate of drug-likeness (QED) is 0.678. The van der Waals surface area contributed by atoms with Crippen LogP contribution in [0.15, 0.2) is 6.07 Å². The Morgan fingerprint density at radius 2 is 1.66 bits per heavy atom. The van der Waals surface area contributed by atoms with Crippen molar-refractivity contribution in [2.24, 2.45) is 5.41 Å². The van der Waals surface area contributed by atoms with Gasteiger partial charge in [-0.1, -0.05) is 20.8 Å². The van der Waals surface area contributed by atoms with E-state index in [1.807, 2.05) is 46.7 Å². The normalized spacial score (nSPS) is 12.1. The second-order valence-electron chi connectivity index (χ2n) is 9.44. The van der Waals surface area contributed by atoms with E-state index in [0.29, 0.717) is 23.0 Å². The summed E-state index contributed by atoms with van der Waals surface area (Å²) in [5.41, 5.74) is -0.379. The van der Waals surface area contributed by atoms with Crippen LogP contribution in [0.1, 0.15) is 56.8 Å². The molecule has 8 heteroatoms. The van der Waals surface area contributed by atoms with Crippen molar-refractivity contribution < 1.29 is 19.1 Å². The second-order valence-corrected chi connectivity index (χ2v) is 10.5. The number of rotatable bonds is 7. The number of amides is 2. The summed E-state index contributed by atoms with van der Waals surface area (Å²) in [6.07, 6.45) is 0. The van der Waals surface area contributed by atoms with Crippen molar-refractivity contribution in [1.29, 1.82) is 0 Å². The van der Waals surface area contributed by atoms with Gasteiger partial charge in [-0.2, -0.15) is 0 Å². The molecule has 0 aliphatic heterocycles. The number of likely N-dealkylation sites (N-methyl/N-ethyl adjacent to an activating group) is 1. The molecule has 0 aliphatic rings. The van der Waals surface area contributed by atoms with Crippen LogP contribution in [-0.4, -0.2) is 66.9 Å². The number of anilines is 1. The topological polar surface area (TPSA) is 79.0 Å². The number of hydrogen-bond acceptors (Lipinski definition) is 6. The van der Waals surface area contributed by atoms with Gasteiger partial charge in [0.2, 0.25) is 5.91 Å². The summed E-state index contributed by atoms with van der Waals surface area (Å²) in [7, 11) is 3.82. The average Bonchev–Trinajstić information content (AvgIpc) is 2.88. The Bertz CT molecular complexity index is 742. The van der Waals surface area contributed by atoms with E-state index in [1.54, 1.807) is 26.8 Å². The molecule has 0 saturated heterocycles. The molecular weight excluding hydrogens is 390 g/mol. The first kappa shape index (κ1) is 25.1. The molecule has 2 amide bonds. The zero-order chi connectivity index (χ0) is 22.6. The smallest absolute Gasteiger partial charge is 0.326 e. The highest BCUT2D eigenvalue weighted by Crippen LogP contribution is 2.29. The molecule has 0 radical (unpaired) electrons. The molecule has 29 heavy (non-hydrogen) atoms. The maximum atomic E-state index is 13.2. The van der Waals surface area contributed by atoms with Gasteiger partial charge >= 0.3 is 5.97 Å². The molecule has 0 saturated carbocycles. The number of thiophene rings is 1. The Hall–Kier alpha value is -1.93. The highest BCUT2D eigenvalue weighted by molar-refractivity contribution is 7.18. The van der Waals surface area contributed by atoms with Crippen LogP contribution in [0.4, 0.5) is 5.00 Å². The van der Waals surface area contributed by atoms with Crippen molar-refractivity contribution in [2.75, 3.05) is 39.0 Å². The third-order valence-corrected chi connectivity index (χ3v) is 5.01. The van der Waals surface area contributed by atoms with Gasteiger partial charge in [-0.15, -0.1) is 11.3 Å². The van der Waals surface area contributed by atoms with Crippen molar-refractivity contribution in [3.8, 4) is 0 Å². The van der Waals surface area contributed by atoms with Crippen LogP contribution in [0.5, 0.6) is 0 Å². The minimum Gasteiger partial charge on any atom is -0.459 e. The van der Waals surface area contributed by atoms with E-state index >= 15 is 0 Å². The number of ether oxygens (including phenoxy) is 1. The van der Waals surface area contributed by atoms with Gasteiger partial charge in [0.15, 0.2) is 0 Å². The van der Waals surface area contributed by atoms with E-state index < -0.39 is 17.0 Å². The van der Waals surface area contributed by atoms with Crippen LogP contribution in [-0.2, 0) is 14.3 Å². The molecule has 1 aromatic heterocycles. The van der Waals surface area contributed by atoms with Crippen molar-refractivity contribution in [3.63, 3.8) is 0 Å². The SMILES string of the molecule is Cc1cc(NC(=O)C(C)(C)C)sc1C(=O)N(CCN(C)C)CC(=O)OC(C)(C)C. The fourth-order valence-electron chi connectivity index (χ4n) is 2.30. The van der Waals surface area contributed by atoms with E-state index in [0.717, 1.165) is 5.56 Å². The molecule has 0 atom stereocenters. The number of aryl methyl sites for hydroxylation is 1. The van der Waals surface area contributed by atoms with Crippen molar-refractivity contribution in [1.82, 2.24) is 9.80 Å². The van der Waals surface area contributed by atoms with Crippen molar-refractivity contribution in [2.45, 2.75) is 54.1 Å². The van der Waals surface area contributed by atoms with Gasteiger partial charge in [-0.3, -0.25) is 14.4 Å². The molecule has 0 fully saturated rings. The maximum Gasteiger partial charge on any atom is 0.326 e. The number of hydrogen-bond donors (Lipinski definition) is 1. The number of esters is 1. The molecule has 0 aliphatic carbocycles. The van der Waals surface area contributed by atoms with Gasteiger partial charge in [-0.25, -0.2) is 0 Å². The van der Waals surface area contributed by atoms with Crippen LogP contribution in [0.25, 0.3) is 0 Å². The molecule has 7 nitrogen and oxygen atoms in total. The zero-order valence-electron chi connectivity index (χ0n) is 19.1. The fraction of sp³-hybridized carbons (Fsp3) is 0.667. The summed E-state index contributed by atoms with van der Waals surface area (Å²) in [4.78, 5) is 41.7. The largest absolute Gasteiger partial charge is 0.459 e. The predicted octanol–water partition coefficient (Wildman–Crippen LogP) is 3.39. The summed E-state index contributed by atoms with van der Waals surface area (Å²) >= 11 is 1.23. The fourth-order valence-corrected chi connectivity index (χ4v) is 3.34. The lowest BCUT2D eigenvalue weighted by Crippen LogP contribution is -2.41. The Labute approximate surface area is 178 Å². The summed E-state index contributed by atoms with van der Waals surface area (Å²) in [6, 6.07) is 1.79. The van der Waals surface area contributed by atoms with E-state index in [9.17, 15) is 14.4 Å². The van der Waals surface area contributed by atoms with Gasteiger partial charge in [0.25, 0.3) is 5.91 Å². The number of nitrogens with one attached hydrogen (secondary N) is 1. The van der Waals surface area contributed by atoms with E-state index in [-0.39, 0.29) is 18.4 Å². The minimum atomic E-state index is -0.614. The lowest BCUT2D eigenvalue weighted by Gasteiger charge is -2.26. The van der Waals surface area contributed by atoms with E-state index in [2.05, 4.69) is 5.32 Å². The Balaban J connectivity index is 3.03. The van der Waals surface area contributed by atoms with Gasteiger partial charge < -0.3 is 19.9 Å². The minimum absolute atomic E-state index is 0.115. The van der Waals surface area contributed by atoms with Crippen LogP contribution >= 0.6 is 11.3 Å². The maximum absolute atomic E-state index is 13.2. The van der Waals surface area contributed by atoms with Crippen LogP contribution in [0.3, 0.4) is 0 Å². The van der Waals surface area contributed by atoms with Crippen LogP contribution < -0.4 is 5.32 Å². The first-order valence-corrected chi connectivity index (χ1v) is 10.5. The van der Waals surface area contributed by atoms with Gasteiger partial charge in [-0.05, 0) is 53.4 Å². The molecular formula is C21H35N3O4S. The van der Waals surface area contributed by atoms with Crippen LogP contribution in [0.2, 0.25) is 0 Å². The third kappa shape index (κ3) is 8.53. The monoisotopic (exact) mass is 425 g/mol. The lowest BCUT2D eigenvalue weighted by atomic mass is 9.96. The first-order chi connectivity index (χ1) is 13.1. The molecule has 0 aromatic carbocycles. The first-order valence-electron chi connectivity index (χ1n) is 9.68. The molecule has 0 spiro atoms. The standard InChI is InChI=1S/C21H35N3O4S/c1-14-12-15(22-19(27)20(2,3)4)29-17(14)18(26)24(11-10-23(8)9)13-16(25)28-21(5,6)7/h12H,10-11,13H2,1-9H3,(H,22,27). The lowest BCUT2D eigenvalue weighted by molar-refractivity contribution is -0.155.